The molecule has 6 nitrogen and oxygen atoms in total. The van der Waals surface area contributed by atoms with Gasteiger partial charge in [-0.2, -0.15) is 0 Å². The summed E-state index contributed by atoms with van der Waals surface area (Å²) in [6, 6.07) is 9.64. The van der Waals surface area contributed by atoms with Crippen LogP contribution in [0.4, 0.5) is 10.1 Å². The number of hydrogen-bond acceptors (Lipinski definition) is 5. The van der Waals surface area contributed by atoms with Gasteiger partial charge in [0.15, 0.2) is 0 Å². The number of nitrogen functional groups attached to an aromatic ring is 1. The van der Waals surface area contributed by atoms with E-state index in [0.717, 1.165) is 25.2 Å². The number of benzene rings is 2. The Bertz CT molecular complexity index is 863. The molecule has 8 heteroatoms. The van der Waals surface area contributed by atoms with Gasteiger partial charge in [-0.25, -0.2) is 4.39 Å². The SMILES string of the molecule is CCOc1cc(N)c(Cl)cc1C(=O)NCCC1CN(Cc2ccc(F)cc2)CCO1. The summed E-state index contributed by atoms with van der Waals surface area (Å²) in [6.45, 7) is 5.66. The number of amides is 1. The van der Waals surface area contributed by atoms with Crippen molar-refractivity contribution in [3.05, 3.63) is 58.4 Å². The van der Waals surface area contributed by atoms with Gasteiger partial charge in [0.25, 0.3) is 5.91 Å². The molecule has 1 amide bonds. The largest absolute Gasteiger partial charge is 0.493 e. The standard InChI is InChI=1S/C22H27ClFN3O3/c1-2-29-21-12-20(25)19(23)11-18(21)22(28)26-8-7-17-14-27(9-10-30-17)13-15-3-5-16(24)6-4-15/h3-6,11-12,17H,2,7-10,13-14,25H2,1H3,(H,26,28). The lowest BCUT2D eigenvalue weighted by atomic mass is 10.1. The van der Waals surface area contributed by atoms with Crippen molar-refractivity contribution in [3.63, 3.8) is 0 Å². The number of carbonyl (C=O) groups is 1. The average Bonchev–Trinajstić information content (AvgIpc) is 2.73. The summed E-state index contributed by atoms with van der Waals surface area (Å²) < 4.78 is 24.4. The minimum absolute atomic E-state index is 0.0147. The minimum Gasteiger partial charge on any atom is -0.493 e. The number of ether oxygens (including phenoxy) is 2. The van der Waals surface area contributed by atoms with Crippen LogP contribution in [-0.2, 0) is 11.3 Å². The Balaban J connectivity index is 1.50. The lowest BCUT2D eigenvalue weighted by Crippen LogP contribution is -2.43. The van der Waals surface area contributed by atoms with Gasteiger partial charge in [-0.3, -0.25) is 9.69 Å². The number of carbonyl (C=O) groups excluding carboxylic acids is 1. The van der Waals surface area contributed by atoms with Crippen LogP contribution < -0.4 is 15.8 Å². The molecule has 2 aromatic carbocycles. The number of nitrogens with two attached hydrogens (primary N) is 1. The minimum atomic E-state index is -0.265. The number of rotatable bonds is 8. The molecule has 1 aliphatic rings. The number of halogens is 2. The predicted molar refractivity (Wildman–Crippen MR) is 115 cm³/mol. The highest BCUT2D eigenvalue weighted by Gasteiger charge is 2.21. The van der Waals surface area contributed by atoms with Crippen LogP contribution in [0.2, 0.25) is 5.02 Å². The summed E-state index contributed by atoms with van der Waals surface area (Å²) in [5, 5.41) is 3.22. The zero-order chi connectivity index (χ0) is 21.5. The highest BCUT2D eigenvalue weighted by atomic mass is 35.5. The van der Waals surface area contributed by atoms with Crippen molar-refractivity contribution in [1.82, 2.24) is 10.2 Å². The zero-order valence-corrected chi connectivity index (χ0v) is 17.8. The summed E-state index contributed by atoms with van der Waals surface area (Å²) in [5.41, 5.74) is 7.60. The van der Waals surface area contributed by atoms with E-state index in [1.807, 2.05) is 6.92 Å². The second-order valence-electron chi connectivity index (χ2n) is 7.20. The van der Waals surface area contributed by atoms with Gasteiger partial charge in [-0.05, 0) is 37.1 Å². The molecule has 1 fully saturated rings. The number of anilines is 1. The molecule has 0 bridgehead atoms. The van der Waals surface area contributed by atoms with E-state index < -0.39 is 0 Å². The Kier molecular flexibility index (Phi) is 7.90. The van der Waals surface area contributed by atoms with Crippen molar-refractivity contribution >= 4 is 23.2 Å². The van der Waals surface area contributed by atoms with Crippen molar-refractivity contribution in [1.29, 1.82) is 0 Å². The summed E-state index contributed by atoms with van der Waals surface area (Å²) in [7, 11) is 0. The second kappa shape index (κ2) is 10.6. The molecule has 3 N–H and O–H groups in total. The molecule has 0 radical (unpaired) electrons. The van der Waals surface area contributed by atoms with Crippen molar-refractivity contribution < 1.29 is 18.7 Å². The van der Waals surface area contributed by atoms with Crippen molar-refractivity contribution in [3.8, 4) is 5.75 Å². The van der Waals surface area contributed by atoms with Crippen molar-refractivity contribution in [2.45, 2.75) is 26.0 Å². The number of morpholine rings is 1. The topological polar surface area (TPSA) is 76.8 Å². The van der Waals surface area contributed by atoms with Crippen LogP contribution in [0.1, 0.15) is 29.3 Å². The number of nitrogens with zero attached hydrogens (tertiary/aromatic N) is 1. The van der Waals surface area contributed by atoms with Gasteiger partial charge in [0.1, 0.15) is 11.6 Å². The van der Waals surface area contributed by atoms with Gasteiger partial charge in [-0.15, -0.1) is 0 Å². The van der Waals surface area contributed by atoms with Crippen LogP contribution in [0, 0.1) is 5.82 Å². The molecule has 1 aliphatic heterocycles. The first kappa shape index (κ1) is 22.3. The zero-order valence-electron chi connectivity index (χ0n) is 17.0. The van der Waals surface area contributed by atoms with Gasteiger partial charge in [0.2, 0.25) is 0 Å². The van der Waals surface area contributed by atoms with Gasteiger partial charge >= 0.3 is 0 Å². The molecule has 1 unspecified atom stereocenters. The van der Waals surface area contributed by atoms with Gasteiger partial charge in [-0.1, -0.05) is 23.7 Å². The third-order valence-electron chi connectivity index (χ3n) is 4.94. The molecule has 162 valence electrons. The fourth-order valence-corrected chi connectivity index (χ4v) is 3.57. The van der Waals surface area contributed by atoms with Crippen LogP contribution >= 0.6 is 11.6 Å². The van der Waals surface area contributed by atoms with Crippen LogP contribution in [0.3, 0.4) is 0 Å². The van der Waals surface area contributed by atoms with Gasteiger partial charge in [0.05, 0.1) is 35.6 Å². The fraction of sp³-hybridized carbons (Fsp3) is 0.409. The molecule has 0 saturated carbocycles. The van der Waals surface area contributed by atoms with E-state index in [4.69, 9.17) is 26.8 Å². The van der Waals surface area contributed by atoms with E-state index in [-0.39, 0.29) is 17.8 Å². The summed E-state index contributed by atoms with van der Waals surface area (Å²) in [6.07, 6.45) is 0.694. The summed E-state index contributed by atoms with van der Waals surface area (Å²) in [4.78, 5) is 14.9. The Labute approximate surface area is 181 Å². The third-order valence-corrected chi connectivity index (χ3v) is 5.26. The Morgan fingerprint density at radius 2 is 2.13 bits per heavy atom. The van der Waals surface area contributed by atoms with Gasteiger partial charge < -0.3 is 20.5 Å². The molecule has 3 rings (SSSR count). The molecule has 30 heavy (non-hydrogen) atoms. The smallest absolute Gasteiger partial charge is 0.255 e. The lowest BCUT2D eigenvalue weighted by Gasteiger charge is -2.33. The molecule has 2 aromatic rings. The Morgan fingerprint density at radius 1 is 1.37 bits per heavy atom. The maximum absolute atomic E-state index is 13.1. The van der Waals surface area contributed by atoms with E-state index >= 15 is 0 Å². The van der Waals surface area contributed by atoms with Crippen LogP contribution in [0.5, 0.6) is 5.75 Å². The molecule has 1 atom stereocenters. The average molecular weight is 436 g/mol. The molecular formula is C22H27ClFN3O3. The first-order chi connectivity index (χ1) is 14.5. The molecule has 0 aromatic heterocycles. The lowest BCUT2D eigenvalue weighted by molar-refractivity contribution is -0.0342. The van der Waals surface area contributed by atoms with Crippen molar-refractivity contribution in [2.75, 3.05) is 38.6 Å². The highest BCUT2D eigenvalue weighted by Crippen LogP contribution is 2.29. The maximum Gasteiger partial charge on any atom is 0.255 e. The second-order valence-corrected chi connectivity index (χ2v) is 7.61. The normalized spacial score (nSPS) is 17.0. The van der Waals surface area contributed by atoms with E-state index in [1.54, 1.807) is 18.2 Å². The monoisotopic (exact) mass is 435 g/mol. The molecular weight excluding hydrogens is 409 g/mol. The summed E-state index contributed by atoms with van der Waals surface area (Å²) in [5.74, 6) is -0.0835. The van der Waals surface area contributed by atoms with E-state index in [0.29, 0.717) is 48.2 Å². The quantitative estimate of drug-likeness (QED) is 0.621. The fourth-order valence-electron chi connectivity index (χ4n) is 3.41. The van der Waals surface area contributed by atoms with Crippen LogP contribution in [0.15, 0.2) is 36.4 Å². The first-order valence-electron chi connectivity index (χ1n) is 10.0. The molecule has 0 aliphatic carbocycles. The predicted octanol–water partition coefficient (Wildman–Crippen LogP) is 3.48. The van der Waals surface area contributed by atoms with E-state index in [9.17, 15) is 9.18 Å². The maximum atomic E-state index is 13.1. The molecule has 1 saturated heterocycles. The van der Waals surface area contributed by atoms with E-state index in [2.05, 4.69) is 10.2 Å². The third kappa shape index (κ3) is 6.08. The molecule has 1 heterocycles. The number of nitrogens with one attached hydrogen (secondary N) is 1. The summed E-state index contributed by atoms with van der Waals surface area (Å²) >= 11 is 6.07. The highest BCUT2D eigenvalue weighted by molar-refractivity contribution is 6.33. The Hall–Kier alpha value is -2.35. The molecule has 0 spiro atoms. The van der Waals surface area contributed by atoms with Crippen molar-refractivity contribution in [2.24, 2.45) is 0 Å². The Morgan fingerprint density at radius 3 is 2.87 bits per heavy atom. The number of hydrogen-bond donors (Lipinski definition) is 2. The van der Waals surface area contributed by atoms with Crippen LogP contribution in [0.25, 0.3) is 0 Å². The first-order valence-corrected chi connectivity index (χ1v) is 10.4. The van der Waals surface area contributed by atoms with Crippen LogP contribution in [-0.4, -0.2) is 49.8 Å². The van der Waals surface area contributed by atoms with Gasteiger partial charge in [0, 0.05) is 32.2 Å². The van der Waals surface area contributed by atoms with E-state index in [1.165, 1.54) is 18.2 Å².